The van der Waals surface area contributed by atoms with E-state index >= 15 is 0 Å². The molecule has 4 aromatic carbocycles. The molecule has 0 radical (unpaired) electrons. The summed E-state index contributed by atoms with van der Waals surface area (Å²) in [5, 5.41) is 9.88. The maximum absolute atomic E-state index is 13.5. The minimum absolute atomic E-state index is 0.0461. The Balaban J connectivity index is 1.46. The molecule has 0 atom stereocenters. The zero-order chi connectivity index (χ0) is 22.8. The monoisotopic (exact) mass is 458 g/mol. The molecule has 0 saturated heterocycles. The second-order valence-corrected chi connectivity index (χ2v) is 7.94. The molecule has 0 aliphatic heterocycles. The van der Waals surface area contributed by atoms with Crippen LogP contribution in [0.1, 0.15) is 5.56 Å². The number of nitrogens with zero attached hydrogens (tertiary/aromatic N) is 2. The van der Waals surface area contributed by atoms with Crippen LogP contribution in [0.15, 0.2) is 79.1 Å². The lowest BCUT2D eigenvalue weighted by Gasteiger charge is -2.15. The number of methoxy groups -OCH3 is 1. The summed E-state index contributed by atoms with van der Waals surface area (Å²) in [5.74, 6) is 0.972. The normalized spacial score (nSPS) is 11.0. The van der Waals surface area contributed by atoms with Gasteiger partial charge in [0.1, 0.15) is 23.7 Å². The molecule has 5 nitrogen and oxygen atoms in total. The number of rotatable bonds is 6. The van der Waals surface area contributed by atoms with Crippen LogP contribution in [0.25, 0.3) is 21.7 Å². The van der Waals surface area contributed by atoms with Gasteiger partial charge in [0.2, 0.25) is 0 Å². The van der Waals surface area contributed by atoms with Gasteiger partial charge >= 0.3 is 0 Å². The molecule has 5 rings (SSSR count). The Bertz CT molecular complexity index is 1470. The molecule has 164 valence electrons. The lowest BCUT2D eigenvalue weighted by Crippen LogP contribution is -2.03. The topological polar surface area (TPSA) is 59.1 Å². The van der Waals surface area contributed by atoms with Crippen LogP contribution in [0.2, 0.25) is 5.02 Å². The summed E-state index contributed by atoms with van der Waals surface area (Å²) in [6, 6.07) is 22.6. The van der Waals surface area contributed by atoms with Crippen molar-refractivity contribution < 1.29 is 9.13 Å². The smallest absolute Gasteiger partial charge is 0.141 e. The summed E-state index contributed by atoms with van der Waals surface area (Å²) in [6.07, 6.45) is 1.49. The highest BCUT2D eigenvalue weighted by molar-refractivity contribution is 6.31. The molecule has 7 heteroatoms. The van der Waals surface area contributed by atoms with Gasteiger partial charge in [-0.1, -0.05) is 41.9 Å². The van der Waals surface area contributed by atoms with Crippen molar-refractivity contribution in [2.75, 3.05) is 17.7 Å². The highest BCUT2D eigenvalue weighted by Crippen LogP contribution is 2.31. The van der Waals surface area contributed by atoms with Crippen molar-refractivity contribution in [3.63, 3.8) is 0 Å². The Morgan fingerprint density at radius 1 is 0.909 bits per heavy atom. The lowest BCUT2D eigenvalue weighted by molar-refractivity contribution is 0.411. The number of aromatic nitrogens is 2. The maximum atomic E-state index is 13.5. The van der Waals surface area contributed by atoms with Gasteiger partial charge < -0.3 is 15.4 Å². The molecule has 2 N–H and O–H groups in total. The van der Waals surface area contributed by atoms with Crippen molar-refractivity contribution in [2.24, 2.45) is 0 Å². The van der Waals surface area contributed by atoms with Gasteiger partial charge in [-0.25, -0.2) is 14.4 Å². The molecule has 5 aromatic rings. The number of nitrogens with one attached hydrogen (secondary N) is 2. The van der Waals surface area contributed by atoms with E-state index in [0.29, 0.717) is 18.1 Å². The second-order valence-electron chi connectivity index (χ2n) is 7.53. The lowest BCUT2D eigenvalue weighted by atomic mass is 10.0. The highest BCUT2D eigenvalue weighted by Gasteiger charge is 2.10. The van der Waals surface area contributed by atoms with Gasteiger partial charge in [-0.05, 0) is 53.2 Å². The van der Waals surface area contributed by atoms with Crippen LogP contribution < -0.4 is 15.4 Å². The molecule has 0 aliphatic carbocycles. The van der Waals surface area contributed by atoms with Gasteiger partial charge in [0.25, 0.3) is 0 Å². The second kappa shape index (κ2) is 8.92. The summed E-state index contributed by atoms with van der Waals surface area (Å²) < 4.78 is 19.1. The highest BCUT2D eigenvalue weighted by atomic mass is 35.5. The van der Waals surface area contributed by atoms with E-state index in [2.05, 4.69) is 38.8 Å². The molecule has 33 heavy (non-hydrogen) atoms. The molecule has 0 fully saturated rings. The van der Waals surface area contributed by atoms with E-state index in [9.17, 15) is 4.39 Å². The zero-order valence-corrected chi connectivity index (χ0v) is 18.5. The van der Waals surface area contributed by atoms with E-state index in [4.69, 9.17) is 16.3 Å². The van der Waals surface area contributed by atoms with Crippen molar-refractivity contribution in [1.29, 1.82) is 0 Å². The van der Waals surface area contributed by atoms with Crippen LogP contribution in [-0.4, -0.2) is 17.1 Å². The average molecular weight is 459 g/mol. The first-order valence-electron chi connectivity index (χ1n) is 10.4. The fourth-order valence-electron chi connectivity index (χ4n) is 3.86. The van der Waals surface area contributed by atoms with Gasteiger partial charge in [-0.2, -0.15) is 0 Å². The first-order valence-corrected chi connectivity index (χ1v) is 10.8. The van der Waals surface area contributed by atoms with Gasteiger partial charge in [0, 0.05) is 28.9 Å². The molecule has 0 bridgehead atoms. The fraction of sp³-hybridized carbons (Fsp3) is 0.0769. The fourth-order valence-corrected chi connectivity index (χ4v) is 4.04. The summed E-state index contributed by atoms with van der Waals surface area (Å²) in [4.78, 5) is 8.73. The molecular weight excluding hydrogens is 439 g/mol. The predicted octanol–water partition coefficient (Wildman–Crippen LogP) is 6.94. The van der Waals surface area contributed by atoms with Crippen LogP contribution in [0.5, 0.6) is 5.75 Å². The van der Waals surface area contributed by atoms with Crippen LogP contribution in [0, 0.1) is 5.82 Å². The van der Waals surface area contributed by atoms with E-state index in [1.165, 1.54) is 18.5 Å². The van der Waals surface area contributed by atoms with Gasteiger partial charge in [-0.3, -0.25) is 0 Å². The quantitative estimate of drug-likeness (QED) is 0.288. The van der Waals surface area contributed by atoms with E-state index in [0.717, 1.165) is 38.7 Å². The maximum Gasteiger partial charge on any atom is 0.141 e. The van der Waals surface area contributed by atoms with Gasteiger partial charge in [-0.15, -0.1) is 0 Å². The summed E-state index contributed by atoms with van der Waals surface area (Å²) in [5.41, 5.74) is 3.42. The standard InChI is InChI=1S/C26H20ClFN4O/c1-33-25-11-6-16-4-2-3-5-19(16)21(25)14-29-17-8-10-24-20(12-17)26(31-15-30-24)32-18-7-9-23(28)22(27)13-18/h2-13,15,29H,14H2,1H3,(H,30,31,32). The molecule has 0 unspecified atom stereocenters. The van der Waals surface area contributed by atoms with Crippen molar-refractivity contribution in [1.82, 2.24) is 9.97 Å². The zero-order valence-electron chi connectivity index (χ0n) is 17.8. The van der Waals surface area contributed by atoms with Gasteiger partial charge in [0.15, 0.2) is 0 Å². The Labute approximate surface area is 195 Å². The largest absolute Gasteiger partial charge is 0.496 e. The summed E-state index contributed by atoms with van der Waals surface area (Å²) >= 11 is 5.92. The number of hydrogen-bond donors (Lipinski definition) is 2. The third-order valence-corrected chi connectivity index (χ3v) is 5.79. The number of anilines is 3. The van der Waals surface area contributed by atoms with Crippen molar-refractivity contribution in [3.05, 3.63) is 95.5 Å². The number of benzene rings is 4. The molecule has 0 aliphatic rings. The third-order valence-electron chi connectivity index (χ3n) is 5.50. The van der Waals surface area contributed by atoms with E-state index in [1.807, 2.05) is 36.4 Å². The number of hydrogen-bond acceptors (Lipinski definition) is 5. The first-order chi connectivity index (χ1) is 16.1. The molecule has 1 aromatic heterocycles. The van der Waals surface area contributed by atoms with Gasteiger partial charge in [0.05, 0.1) is 17.6 Å². The molecule has 0 spiro atoms. The Kier molecular flexibility index (Phi) is 5.67. The first kappa shape index (κ1) is 21.0. The van der Waals surface area contributed by atoms with Crippen LogP contribution in [0.4, 0.5) is 21.6 Å². The van der Waals surface area contributed by atoms with E-state index in [1.54, 1.807) is 13.2 Å². The minimum atomic E-state index is -0.467. The van der Waals surface area contributed by atoms with E-state index < -0.39 is 5.82 Å². The molecular formula is C26H20ClFN4O. The Hall–Kier alpha value is -3.90. The Morgan fingerprint density at radius 2 is 1.76 bits per heavy atom. The molecule has 0 saturated carbocycles. The van der Waals surface area contributed by atoms with Crippen molar-refractivity contribution >= 4 is 50.5 Å². The summed E-state index contributed by atoms with van der Waals surface area (Å²) in [7, 11) is 1.68. The minimum Gasteiger partial charge on any atom is -0.496 e. The third kappa shape index (κ3) is 4.25. The van der Waals surface area contributed by atoms with Crippen LogP contribution >= 0.6 is 11.6 Å². The SMILES string of the molecule is COc1ccc2ccccc2c1CNc1ccc2ncnc(Nc3ccc(F)c(Cl)c3)c2c1. The average Bonchev–Trinajstić information content (AvgIpc) is 2.85. The van der Waals surface area contributed by atoms with Crippen molar-refractivity contribution in [3.8, 4) is 5.75 Å². The summed E-state index contributed by atoms with van der Waals surface area (Å²) in [6.45, 7) is 0.583. The van der Waals surface area contributed by atoms with Crippen LogP contribution in [-0.2, 0) is 6.54 Å². The number of halogens is 2. The Morgan fingerprint density at radius 3 is 2.61 bits per heavy atom. The molecule has 1 heterocycles. The van der Waals surface area contributed by atoms with Crippen molar-refractivity contribution in [2.45, 2.75) is 6.54 Å². The van der Waals surface area contributed by atoms with Crippen LogP contribution in [0.3, 0.4) is 0 Å². The predicted molar refractivity (Wildman–Crippen MR) is 132 cm³/mol. The number of fused-ring (bicyclic) bond motifs is 2. The number of ether oxygens (including phenoxy) is 1. The van der Waals surface area contributed by atoms with E-state index in [-0.39, 0.29) is 5.02 Å². The molecule has 0 amide bonds.